The predicted molar refractivity (Wildman–Crippen MR) is 59.5 cm³/mol. The summed E-state index contributed by atoms with van der Waals surface area (Å²) >= 11 is 0. The van der Waals surface area contributed by atoms with E-state index in [4.69, 9.17) is 0 Å². The second-order valence-corrected chi connectivity index (χ2v) is 4.67. The number of hydrogen-bond acceptors (Lipinski definition) is 2. The van der Waals surface area contributed by atoms with E-state index >= 15 is 0 Å². The lowest BCUT2D eigenvalue weighted by Gasteiger charge is -2.16. The first-order valence-corrected chi connectivity index (χ1v) is 5.91. The molecule has 1 N–H and O–H groups in total. The molecule has 1 fully saturated rings. The number of imidazole rings is 1. The molecule has 1 aromatic rings. The Hall–Kier alpha value is -0.830. The average Bonchev–Trinajstić information content (AvgIpc) is 2.79. The highest BCUT2D eigenvalue weighted by molar-refractivity contribution is 4.89. The molecule has 1 aliphatic carbocycles. The molecule has 1 aliphatic rings. The Morgan fingerprint density at radius 2 is 2.27 bits per heavy atom. The third-order valence-corrected chi connectivity index (χ3v) is 3.41. The molecule has 2 rings (SSSR count). The quantitative estimate of drug-likeness (QED) is 0.823. The Bertz CT molecular complexity index is 302. The summed E-state index contributed by atoms with van der Waals surface area (Å²) in [5.41, 5.74) is 0. The standard InChI is InChI=1S/C12H20N2O/c1-10-13-6-7-14(10)9-12(15)8-11-4-2-3-5-11/h6-7,11-12,15H,2-5,8-9H2,1H3. The van der Waals surface area contributed by atoms with Crippen LogP contribution in [0.15, 0.2) is 12.4 Å². The summed E-state index contributed by atoms with van der Waals surface area (Å²) in [5, 5.41) is 9.96. The molecule has 84 valence electrons. The highest BCUT2D eigenvalue weighted by Gasteiger charge is 2.19. The van der Waals surface area contributed by atoms with Gasteiger partial charge < -0.3 is 9.67 Å². The van der Waals surface area contributed by atoms with Crippen molar-refractivity contribution in [1.29, 1.82) is 0 Å². The maximum Gasteiger partial charge on any atom is 0.105 e. The second kappa shape index (κ2) is 4.79. The van der Waals surface area contributed by atoms with Gasteiger partial charge in [-0.05, 0) is 19.3 Å². The van der Waals surface area contributed by atoms with Gasteiger partial charge in [0, 0.05) is 18.9 Å². The molecule has 3 nitrogen and oxygen atoms in total. The molecule has 0 amide bonds. The Morgan fingerprint density at radius 1 is 1.53 bits per heavy atom. The van der Waals surface area contributed by atoms with Crippen LogP contribution in [0.2, 0.25) is 0 Å². The number of aryl methyl sites for hydroxylation is 1. The Kier molecular flexibility index (Phi) is 3.41. The maximum atomic E-state index is 9.96. The van der Waals surface area contributed by atoms with Crippen LogP contribution < -0.4 is 0 Å². The van der Waals surface area contributed by atoms with Crippen molar-refractivity contribution in [2.75, 3.05) is 0 Å². The van der Waals surface area contributed by atoms with Gasteiger partial charge in [0.1, 0.15) is 5.82 Å². The summed E-state index contributed by atoms with van der Waals surface area (Å²) in [5.74, 6) is 1.74. The van der Waals surface area contributed by atoms with Gasteiger partial charge in [-0.2, -0.15) is 0 Å². The molecule has 0 radical (unpaired) electrons. The first-order chi connectivity index (χ1) is 7.25. The molecule has 0 saturated heterocycles. The number of aliphatic hydroxyl groups is 1. The largest absolute Gasteiger partial charge is 0.391 e. The van der Waals surface area contributed by atoms with Crippen LogP contribution in [0, 0.1) is 12.8 Å². The van der Waals surface area contributed by atoms with Gasteiger partial charge in [-0.25, -0.2) is 4.98 Å². The van der Waals surface area contributed by atoms with Crippen LogP contribution in [0.1, 0.15) is 37.9 Å². The number of aliphatic hydroxyl groups excluding tert-OH is 1. The molecule has 0 bridgehead atoms. The highest BCUT2D eigenvalue weighted by atomic mass is 16.3. The van der Waals surface area contributed by atoms with Crippen LogP contribution >= 0.6 is 0 Å². The zero-order valence-corrected chi connectivity index (χ0v) is 9.39. The molecule has 1 heterocycles. The summed E-state index contributed by atoms with van der Waals surface area (Å²) in [6.45, 7) is 2.67. The third-order valence-electron chi connectivity index (χ3n) is 3.41. The van der Waals surface area contributed by atoms with Gasteiger partial charge in [0.05, 0.1) is 6.10 Å². The summed E-state index contributed by atoms with van der Waals surface area (Å²) in [6.07, 6.45) is 9.78. The Morgan fingerprint density at radius 3 is 2.87 bits per heavy atom. The lowest BCUT2D eigenvalue weighted by atomic mass is 10.00. The van der Waals surface area contributed by atoms with E-state index in [9.17, 15) is 5.11 Å². The predicted octanol–water partition coefficient (Wildman–Crippen LogP) is 2.13. The van der Waals surface area contributed by atoms with Crippen LogP contribution in [0.25, 0.3) is 0 Å². The van der Waals surface area contributed by atoms with Crippen LogP contribution in [-0.2, 0) is 6.54 Å². The third kappa shape index (κ3) is 2.81. The number of aromatic nitrogens is 2. The van der Waals surface area contributed by atoms with Crippen molar-refractivity contribution in [3.05, 3.63) is 18.2 Å². The SMILES string of the molecule is Cc1nccn1CC(O)CC1CCCC1. The fraction of sp³-hybridized carbons (Fsp3) is 0.750. The van der Waals surface area contributed by atoms with Gasteiger partial charge in [-0.3, -0.25) is 0 Å². The zero-order chi connectivity index (χ0) is 10.7. The zero-order valence-electron chi connectivity index (χ0n) is 9.39. The van der Waals surface area contributed by atoms with Crippen molar-refractivity contribution >= 4 is 0 Å². The molecule has 15 heavy (non-hydrogen) atoms. The summed E-state index contributed by atoms with van der Waals surface area (Å²) in [6, 6.07) is 0. The Balaban J connectivity index is 1.81. The van der Waals surface area contributed by atoms with Gasteiger partial charge >= 0.3 is 0 Å². The van der Waals surface area contributed by atoms with Crippen molar-refractivity contribution in [2.45, 2.75) is 51.7 Å². The molecular formula is C12H20N2O. The summed E-state index contributed by atoms with van der Waals surface area (Å²) in [7, 11) is 0. The van der Waals surface area contributed by atoms with Crippen LogP contribution in [0.3, 0.4) is 0 Å². The minimum atomic E-state index is -0.207. The second-order valence-electron chi connectivity index (χ2n) is 4.67. The van der Waals surface area contributed by atoms with Crippen LogP contribution in [0.4, 0.5) is 0 Å². The van der Waals surface area contributed by atoms with Crippen LogP contribution in [0.5, 0.6) is 0 Å². The van der Waals surface area contributed by atoms with E-state index in [2.05, 4.69) is 4.98 Å². The van der Waals surface area contributed by atoms with E-state index in [1.165, 1.54) is 25.7 Å². The number of nitrogens with zero attached hydrogens (tertiary/aromatic N) is 2. The van der Waals surface area contributed by atoms with Crippen molar-refractivity contribution in [3.63, 3.8) is 0 Å². The maximum absolute atomic E-state index is 9.96. The van der Waals surface area contributed by atoms with Crippen molar-refractivity contribution in [3.8, 4) is 0 Å². The normalized spacial score (nSPS) is 19.6. The van der Waals surface area contributed by atoms with E-state index in [0.717, 1.165) is 18.2 Å². The van der Waals surface area contributed by atoms with Gasteiger partial charge in [-0.1, -0.05) is 25.7 Å². The van der Waals surface area contributed by atoms with Gasteiger partial charge in [0.25, 0.3) is 0 Å². The van der Waals surface area contributed by atoms with Gasteiger partial charge in [-0.15, -0.1) is 0 Å². The molecule has 3 heteroatoms. The number of hydrogen-bond donors (Lipinski definition) is 1. The first-order valence-electron chi connectivity index (χ1n) is 5.91. The van der Waals surface area contributed by atoms with Gasteiger partial charge in [0.15, 0.2) is 0 Å². The smallest absolute Gasteiger partial charge is 0.105 e. The molecule has 1 aromatic heterocycles. The molecule has 1 unspecified atom stereocenters. The lowest BCUT2D eigenvalue weighted by molar-refractivity contribution is 0.124. The Labute approximate surface area is 91.1 Å². The van der Waals surface area contributed by atoms with Crippen molar-refractivity contribution in [1.82, 2.24) is 9.55 Å². The van der Waals surface area contributed by atoms with E-state index in [1.807, 2.05) is 17.7 Å². The fourth-order valence-electron chi connectivity index (χ4n) is 2.53. The monoisotopic (exact) mass is 208 g/mol. The topological polar surface area (TPSA) is 38.0 Å². The minimum absolute atomic E-state index is 0.207. The molecule has 0 aliphatic heterocycles. The summed E-state index contributed by atoms with van der Waals surface area (Å²) in [4.78, 5) is 4.15. The molecule has 0 aromatic carbocycles. The lowest BCUT2D eigenvalue weighted by Crippen LogP contribution is -2.19. The first kappa shape index (κ1) is 10.7. The molecule has 1 atom stereocenters. The van der Waals surface area contributed by atoms with E-state index in [0.29, 0.717) is 6.54 Å². The average molecular weight is 208 g/mol. The van der Waals surface area contributed by atoms with E-state index in [1.54, 1.807) is 6.20 Å². The van der Waals surface area contributed by atoms with Crippen molar-refractivity contribution in [2.24, 2.45) is 5.92 Å². The van der Waals surface area contributed by atoms with E-state index in [-0.39, 0.29) is 6.10 Å². The minimum Gasteiger partial charge on any atom is -0.391 e. The molecule has 1 saturated carbocycles. The summed E-state index contributed by atoms with van der Waals surface area (Å²) < 4.78 is 2.03. The van der Waals surface area contributed by atoms with Crippen LogP contribution in [-0.4, -0.2) is 20.8 Å². The number of rotatable bonds is 4. The fourth-order valence-corrected chi connectivity index (χ4v) is 2.53. The molecule has 0 spiro atoms. The highest BCUT2D eigenvalue weighted by Crippen LogP contribution is 2.28. The van der Waals surface area contributed by atoms with Gasteiger partial charge in [0.2, 0.25) is 0 Å². The van der Waals surface area contributed by atoms with E-state index < -0.39 is 0 Å². The molecular weight excluding hydrogens is 188 g/mol. The van der Waals surface area contributed by atoms with Crippen molar-refractivity contribution < 1.29 is 5.11 Å².